The SMILES string of the molecule is CC(C)(C)n1cc(C(=O)N2Cc3ccccc3CC2C(=O)O)cn1. The van der Waals surface area contributed by atoms with Gasteiger partial charge in [0.1, 0.15) is 6.04 Å². The lowest BCUT2D eigenvalue weighted by Crippen LogP contribution is -2.48. The van der Waals surface area contributed by atoms with Crippen molar-refractivity contribution in [1.82, 2.24) is 14.7 Å². The van der Waals surface area contributed by atoms with Gasteiger partial charge in [0.2, 0.25) is 0 Å². The van der Waals surface area contributed by atoms with E-state index >= 15 is 0 Å². The molecule has 0 bridgehead atoms. The molecule has 1 aliphatic heterocycles. The molecule has 0 saturated carbocycles. The van der Waals surface area contributed by atoms with Crippen molar-refractivity contribution in [3.05, 3.63) is 53.3 Å². The maximum absolute atomic E-state index is 12.9. The Bertz CT molecular complexity index is 789. The van der Waals surface area contributed by atoms with Gasteiger partial charge in [-0.2, -0.15) is 5.10 Å². The second-order valence-electron chi connectivity index (χ2n) is 7.10. The smallest absolute Gasteiger partial charge is 0.326 e. The lowest BCUT2D eigenvalue weighted by molar-refractivity contribution is -0.142. The van der Waals surface area contributed by atoms with E-state index in [2.05, 4.69) is 5.10 Å². The number of carboxylic acids is 1. The zero-order chi connectivity index (χ0) is 17.5. The molecule has 6 heteroatoms. The number of hydrogen-bond acceptors (Lipinski definition) is 3. The topological polar surface area (TPSA) is 75.4 Å². The largest absolute Gasteiger partial charge is 0.480 e. The summed E-state index contributed by atoms with van der Waals surface area (Å²) >= 11 is 0. The predicted molar refractivity (Wildman–Crippen MR) is 88.7 cm³/mol. The van der Waals surface area contributed by atoms with Gasteiger partial charge in [-0.05, 0) is 31.9 Å². The van der Waals surface area contributed by atoms with E-state index < -0.39 is 12.0 Å². The normalized spacial score (nSPS) is 17.5. The number of carbonyl (C=O) groups excluding carboxylic acids is 1. The molecular formula is C18H21N3O3. The van der Waals surface area contributed by atoms with Crippen molar-refractivity contribution < 1.29 is 14.7 Å². The standard InChI is InChI=1S/C18H21N3O3/c1-18(2,3)21-11-14(9-19-21)16(22)20-10-13-7-5-4-6-12(13)8-15(20)17(23)24/h4-7,9,11,15H,8,10H2,1-3H3,(H,23,24). The molecule has 24 heavy (non-hydrogen) atoms. The van der Waals surface area contributed by atoms with Crippen molar-refractivity contribution in [1.29, 1.82) is 0 Å². The minimum atomic E-state index is -0.985. The molecule has 1 N–H and O–H groups in total. The molecule has 0 saturated heterocycles. The van der Waals surface area contributed by atoms with Crippen LogP contribution in [0.3, 0.4) is 0 Å². The molecule has 0 spiro atoms. The maximum Gasteiger partial charge on any atom is 0.326 e. The van der Waals surface area contributed by atoms with E-state index in [1.165, 1.54) is 11.1 Å². The summed E-state index contributed by atoms with van der Waals surface area (Å²) in [6.45, 7) is 6.27. The van der Waals surface area contributed by atoms with Crippen LogP contribution < -0.4 is 0 Å². The molecule has 6 nitrogen and oxygen atoms in total. The molecule has 1 unspecified atom stereocenters. The van der Waals surface area contributed by atoms with Crippen molar-refractivity contribution in [2.45, 2.75) is 45.3 Å². The monoisotopic (exact) mass is 327 g/mol. The summed E-state index contributed by atoms with van der Waals surface area (Å²) in [5.74, 6) is -1.28. The quantitative estimate of drug-likeness (QED) is 0.918. The highest BCUT2D eigenvalue weighted by Gasteiger charge is 2.35. The van der Waals surface area contributed by atoms with Gasteiger partial charge in [0.25, 0.3) is 5.91 Å². The summed E-state index contributed by atoms with van der Waals surface area (Å²) in [7, 11) is 0. The third-order valence-corrected chi connectivity index (χ3v) is 4.31. The maximum atomic E-state index is 12.9. The molecule has 1 amide bonds. The van der Waals surface area contributed by atoms with Gasteiger partial charge < -0.3 is 10.0 Å². The lowest BCUT2D eigenvalue weighted by atomic mass is 9.93. The Morgan fingerprint density at radius 2 is 1.88 bits per heavy atom. The fourth-order valence-electron chi connectivity index (χ4n) is 2.92. The average Bonchev–Trinajstić information content (AvgIpc) is 3.03. The second-order valence-corrected chi connectivity index (χ2v) is 7.10. The van der Waals surface area contributed by atoms with Crippen LogP contribution in [-0.2, 0) is 23.3 Å². The number of hydrogen-bond donors (Lipinski definition) is 1. The van der Waals surface area contributed by atoms with E-state index in [0.29, 0.717) is 18.5 Å². The van der Waals surface area contributed by atoms with Crippen molar-refractivity contribution in [2.24, 2.45) is 0 Å². The van der Waals surface area contributed by atoms with Crippen LogP contribution in [0, 0.1) is 0 Å². The summed E-state index contributed by atoms with van der Waals surface area (Å²) in [5.41, 5.74) is 2.15. The van der Waals surface area contributed by atoms with Crippen molar-refractivity contribution in [3.8, 4) is 0 Å². The number of benzene rings is 1. The Kier molecular flexibility index (Phi) is 3.91. The van der Waals surface area contributed by atoms with Crippen LogP contribution in [0.4, 0.5) is 0 Å². The molecule has 0 radical (unpaired) electrons. The summed E-state index contributed by atoms with van der Waals surface area (Å²) < 4.78 is 1.72. The Morgan fingerprint density at radius 3 is 2.46 bits per heavy atom. The van der Waals surface area contributed by atoms with Gasteiger partial charge >= 0.3 is 5.97 Å². The van der Waals surface area contributed by atoms with E-state index in [1.807, 2.05) is 45.0 Å². The van der Waals surface area contributed by atoms with E-state index in [-0.39, 0.29) is 11.4 Å². The average molecular weight is 327 g/mol. The molecule has 126 valence electrons. The lowest BCUT2D eigenvalue weighted by Gasteiger charge is -2.34. The predicted octanol–water partition coefficient (Wildman–Crippen LogP) is 2.29. The molecule has 1 aromatic carbocycles. The molecular weight excluding hydrogens is 306 g/mol. The third-order valence-electron chi connectivity index (χ3n) is 4.31. The van der Waals surface area contributed by atoms with Crippen LogP contribution >= 0.6 is 0 Å². The number of fused-ring (bicyclic) bond motifs is 1. The summed E-state index contributed by atoms with van der Waals surface area (Å²) in [4.78, 5) is 26.0. The van der Waals surface area contributed by atoms with Crippen LogP contribution in [0.2, 0.25) is 0 Å². The highest BCUT2D eigenvalue weighted by Crippen LogP contribution is 2.25. The highest BCUT2D eigenvalue weighted by molar-refractivity contribution is 5.96. The van der Waals surface area contributed by atoms with E-state index in [9.17, 15) is 14.7 Å². The van der Waals surface area contributed by atoms with E-state index in [0.717, 1.165) is 11.1 Å². The van der Waals surface area contributed by atoms with Crippen LogP contribution in [0.15, 0.2) is 36.7 Å². The van der Waals surface area contributed by atoms with Crippen molar-refractivity contribution in [2.75, 3.05) is 0 Å². The van der Waals surface area contributed by atoms with Gasteiger partial charge in [-0.25, -0.2) is 4.79 Å². The zero-order valence-electron chi connectivity index (χ0n) is 14.1. The molecule has 1 aromatic heterocycles. The van der Waals surface area contributed by atoms with Gasteiger partial charge in [0, 0.05) is 19.2 Å². The van der Waals surface area contributed by atoms with Crippen molar-refractivity contribution in [3.63, 3.8) is 0 Å². The number of aromatic nitrogens is 2. The van der Waals surface area contributed by atoms with Crippen LogP contribution in [-0.4, -0.2) is 37.7 Å². The van der Waals surface area contributed by atoms with Gasteiger partial charge in [-0.15, -0.1) is 0 Å². The number of carboxylic acid groups (broad SMARTS) is 1. The molecule has 1 atom stereocenters. The van der Waals surface area contributed by atoms with E-state index in [4.69, 9.17) is 0 Å². The number of rotatable bonds is 2. The van der Waals surface area contributed by atoms with Gasteiger partial charge in [-0.3, -0.25) is 9.48 Å². The van der Waals surface area contributed by atoms with Crippen molar-refractivity contribution >= 4 is 11.9 Å². The summed E-state index contributed by atoms with van der Waals surface area (Å²) in [6, 6.07) is 6.80. The Labute approximate surface area is 140 Å². The van der Waals surface area contributed by atoms with Crippen LogP contribution in [0.5, 0.6) is 0 Å². The summed E-state index contributed by atoms with van der Waals surface area (Å²) in [5, 5.41) is 13.8. The summed E-state index contributed by atoms with van der Waals surface area (Å²) in [6.07, 6.45) is 3.51. The van der Waals surface area contributed by atoms with Crippen LogP contribution in [0.25, 0.3) is 0 Å². The van der Waals surface area contributed by atoms with E-state index in [1.54, 1.807) is 10.9 Å². The molecule has 0 aliphatic carbocycles. The Morgan fingerprint density at radius 1 is 1.21 bits per heavy atom. The molecule has 1 aliphatic rings. The number of nitrogens with zero attached hydrogens (tertiary/aromatic N) is 3. The first-order chi connectivity index (χ1) is 11.3. The van der Waals surface area contributed by atoms with Gasteiger partial charge in [-0.1, -0.05) is 24.3 Å². The first-order valence-corrected chi connectivity index (χ1v) is 7.93. The minimum Gasteiger partial charge on any atom is -0.480 e. The van der Waals surface area contributed by atoms with Crippen LogP contribution in [0.1, 0.15) is 42.3 Å². The van der Waals surface area contributed by atoms with Gasteiger partial charge in [0.15, 0.2) is 0 Å². The highest BCUT2D eigenvalue weighted by atomic mass is 16.4. The fraction of sp³-hybridized carbons (Fsp3) is 0.389. The number of aliphatic carboxylic acids is 1. The number of carbonyl (C=O) groups is 2. The Hall–Kier alpha value is -2.63. The zero-order valence-corrected chi connectivity index (χ0v) is 14.1. The molecule has 0 fully saturated rings. The molecule has 3 rings (SSSR count). The second kappa shape index (κ2) is 5.78. The number of amides is 1. The fourth-order valence-corrected chi connectivity index (χ4v) is 2.92. The molecule has 2 heterocycles. The minimum absolute atomic E-state index is 0.237. The van der Waals surface area contributed by atoms with Gasteiger partial charge in [0.05, 0.1) is 17.3 Å². The first-order valence-electron chi connectivity index (χ1n) is 7.93. The Balaban J connectivity index is 1.93. The first kappa shape index (κ1) is 16.2. The molecule has 2 aromatic rings. The third kappa shape index (κ3) is 2.91.